The molecule has 0 unspecified atom stereocenters. The Morgan fingerprint density at radius 3 is 2.62 bits per heavy atom. The van der Waals surface area contributed by atoms with Crippen molar-refractivity contribution >= 4 is 18.2 Å². The lowest BCUT2D eigenvalue weighted by Crippen LogP contribution is -2.46. The number of hydrogen-bond acceptors (Lipinski definition) is 6. The van der Waals surface area contributed by atoms with Gasteiger partial charge in [-0.15, -0.1) is 0 Å². The second-order valence-corrected chi connectivity index (χ2v) is 10.4. The first-order valence-corrected chi connectivity index (χ1v) is 13.2. The van der Waals surface area contributed by atoms with E-state index in [2.05, 4.69) is 4.99 Å². The molecule has 1 aromatic heterocycles. The first kappa shape index (κ1) is 28.3. The van der Waals surface area contributed by atoms with Gasteiger partial charge in [0.25, 0.3) is 5.91 Å². The summed E-state index contributed by atoms with van der Waals surface area (Å²) < 4.78 is 19.0. The van der Waals surface area contributed by atoms with E-state index >= 15 is 0 Å². The van der Waals surface area contributed by atoms with E-state index in [0.717, 1.165) is 48.6 Å². The number of likely N-dealkylation sites (tertiary alicyclic amines) is 1. The number of nitrogens with zero attached hydrogens (tertiary/aromatic N) is 4. The molecular formula is C28H35FN4O6. The number of halogens is 1. The lowest BCUT2D eigenvalue weighted by Gasteiger charge is -2.29. The molecule has 1 saturated carbocycles. The molecule has 1 saturated heterocycles. The van der Waals surface area contributed by atoms with Gasteiger partial charge in [-0.25, -0.2) is 9.45 Å². The number of hydrogen-bond donors (Lipinski definition) is 1. The molecule has 2 atom stereocenters. The average molecular weight is 543 g/mol. The van der Waals surface area contributed by atoms with Crippen molar-refractivity contribution in [3.8, 4) is 5.75 Å². The van der Waals surface area contributed by atoms with Crippen molar-refractivity contribution < 1.29 is 33.6 Å². The average Bonchev–Trinajstić information content (AvgIpc) is 3.59. The van der Waals surface area contributed by atoms with Crippen LogP contribution < -0.4 is 10.2 Å². The van der Waals surface area contributed by atoms with Crippen LogP contribution in [-0.4, -0.2) is 64.4 Å². The Kier molecular flexibility index (Phi) is 9.01. The van der Waals surface area contributed by atoms with E-state index in [1.165, 1.54) is 6.07 Å². The number of carbonyl (C=O) groups excluding carboxylic acids is 3. The zero-order valence-electron chi connectivity index (χ0n) is 22.3. The Hall–Kier alpha value is -3.73. The van der Waals surface area contributed by atoms with Crippen LogP contribution in [0, 0.1) is 17.2 Å². The normalized spacial score (nSPS) is 18.7. The van der Waals surface area contributed by atoms with E-state index in [1.807, 2.05) is 19.1 Å². The van der Waals surface area contributed by atoms with Gasteiger partial charge < -0.3 is 14.8 Å². The van der Waals surface area contributed by atoms with Gasteiger partial charge in [0.1, 0.15) is 24.2 Å². The molecule has 10 nitrogen and oxygen atoms in total. The molecule has 2 heterocycles. The van der Waals surface area contributed by atoms with Crippen molar-refractivity contribution in [3.63, 3.8) is 0 Å². The predicted octanol–water partition coefficient (Wildman–Crippen LogP) is 3.08. The molecule has 1 spiro atoms. The molecule has 2 aliphatic rings. The zero-order chi connectivity index (χ0) is 28.0. The van der Waals surface area contributed by atoms with Gasteiger partial charge in [-0.2, -0.15) is 9.72 Å². The molecule has 210 valence electrons. The molecular weight excluding hydrogens is 507 g/mol. The van der Waals surface area contributed by atoms with Crippen molar-refractivity contribution in [2.45, 2.75) is 58.1 Å². The number of hydroxylamine groups is 2. The Bertz CT molecular complexity index is 1240. The molecule has 2 fully saturated rings. The third kappa shape index (κ3) is 7.03. The highest BCUT2D eigenvalue weighted by atomic mass is 19.1. The van der Waals surface area contributed by atoms with Crippen LogP contribution in [-0.2, 0) is 25.8 Å². The van der Waals surface area contributed by atoms with Crippen molar-refractivity contribution in [1.29, 1.82) is 0 Å². The van der Waals surface area contributed by atoms with Crippen LogP contribution in [0.5, 0.6) is 5.75 Å². The van der Waals surface area contributed by atoms with E-state index in [1.54, 1.807) is 24.1 Å². The Balaban J connectivity index is 1.49. The first-order valence-electron chi connectivity index (χ1n) is 13.2. The van der Waals surface area contributed by atoms with Crippen molar-refractivity contribution in [1.82, 2.24) is 14.7 Å². The summed E-state index contributed by atoms with van der Waals surface area (Å²) >= 11 is 0. The fourth-order valence-electron chi connectivity index (χ4n) is 4.98. The number of aromatic nitrogens is 1. The second kappa shape index (κ2) is 12.4. The molecule has 39 heavy (non-hydrogen) atoms. The number of methoxy groups -OCH3 is 1. The molecule has 11 heteroatoms. The Morgan fingerprint density at radius 2 is 2.00 bits per heavy atom. The Labute approximate surface area is 226 Å². The van der Waals surface area contributed by atoms with Crippen LogP contribution >= 0.6 is 0 Å². The molecule has 1 aliphatic carbocycles. The Morgan fingerprint density at radius 1 is 1.26 bits per heavy atom. The quantitative estimate of drug-likeness (QED) is 0.251. The van der Waals surface area contributed by atoms with E-state index < -0.39 is 23.7 Å². The number of unbranched alkanes of at least 4 members (excludes halogenated alkanes) is 1. The molecule has 1 aliphatic heterocycles. The van der Waals surface area contributed by atoms with Gasteiger partial charge in [0.05, 0.1) is 25.8 Å². The number of ether oxygens (including phenoxy) is 1. The maximum atomic E-state index is 13.9. The SMILES string of the molecule is CCCC[C@H](CN(C=O)OCc1ccc(OC)cc1)C(=O)N1CC2(CC2)C[C@H]1C(=O)N=c1ccc(F)cn1O. The van der Waals surface area contributed by atoms with Gasteiger partial charge in [-0.1, -0.05) is 31.9 Å². The standard InChI is InChI=1S/C28H35FN4O6/c1-3-4-5-21(15-31(19-34)39-17-20-6-9-23(38-2)10-7-20)27(36)32-18-28(12-13-28)14-24(32)26(35)30-25-11-8-22(29)16-33(25)37/h6-11,16,19,21,24,37H,3-5,12-15,17-18H2,1-2H3/t21-,24+/m1/s1. The molecule has 0 radical (unpaired) electrons. The fourth-order valence-corrected chi connectivity index (χ4v) is 4.98. The summed E-state index contributed by atoms with van der Waals surface area (Å²) in [6, 6.07) is 8.76. The summed E-state index contributed by atoms with van der Waals surface area (Å²) in [5, 5.41) is 11.1. The van der Waals surface area contributed by atoms with Crippen LogP contribution in [0.25, 0.3) is 0 Å². The summed E-state index contributed by atoms with van der Waals surface area (Å²) in [4.78, 5) is 50.2. The molecule has 1 aromatic carbocycles. The lowest BCUT2D eigenvalue weighted by molar-refractivity contribution is -0.183. The number of pyridine rings is 1. The van der Waals surface area contributed by atoms with Crippen LogP contribution in [0.15, 0.2) is 47.6 Å². The monoisotopic (exact) mass is 542 g/mol. The minimum Gasteiger partial charge on any atom is -0.497 e. The zero-order valence-corrected chi connectivity index (χ0v) is 22.3. The topological polar surface area (TPSA) is 114 Å². The summed E-state index contributed by atoms with van der Waals surface area (Å²) in [6.07, 6.45) is 5.86. The van der Waals surface area contributed by atoms with E-state index in [9.17, 15) is 24.0 Å². The summed E-state index contributed by atoms with van der Waals surface area (Å²) in [7, 11) is 1.58. The number of amides is 3. The van der Waals surface area contributed by atoms with Crippen molar-refractivity contribution in [2.24, 2.45) is 16.3 Å². The summed E-state index contributed by atoms with van der Waals surface area (Å²) in [6.45, 7) is 2.65. The van der Waals surface area contributed by atoms with Crippen molar-refractivity contribution in [2.75, 3.05) is 20.2 Å². The van der Waals surface area contributed by atoms with Crippen LogP contribution in [0.4, 0.5) is 4.39 Å². The largest absolute Gasteiger partial charge is 0.497 e. The lowest BCUT2D eigenvalue weighted by atomic mass is 9.99. The highest BCUT2D eigenvalue weighted by molar-refractivity contribution is 5.90. The summed E-state index contributed by atoms with van der Waals surface area (Å²) in [5.74, 6) is -1.33. The van der Waals surface area contributed by atoms with Gasteiger partial charge in [0.2, 0.25) is 12.3 Å². The van der Waals surface area contributed by atoms with E-state index in [0.29, 0.717) is 36.3 Å². The maximum Gasteiger partial charge on any atom is 0.270 e. The van der Waals surface area contributed by atoms with Gasteiger partial charge in [0, 0.05) is 6.54 Å². The van der Waals surface area contributed by atoms with Gasteiger partial charge in [-0.05, 0) is 60.9 Å². The second-order valence-electron chi connectivity index (χ2n) is 10.4. The molecule has 3 amide bonds. The third-order valence-corrected chi connectivity index (χ3v) is 7.46. The maximum absolute atomic E-state index is 13.9. The van der Waals surface area contributed by atoms with Gasteiger partial charge in [0.15, 0.2) is 5.49 Å². The molecule has 4 rings (SSSR count). The van der Waals surface area contributed by atoms with E-state index in [-0.39, 0.29) is 30.0 Å². The van der Waals surface area contributed by atoms with Crippen LogP contribution in [0.3, 0.4) is 0 Å². The molecule has 1 N–H and O–H groups in total. The molecule has 0 bridgehead atoms. The number of benzene rings is 1. The first-order chi connectivity index (χ1) is 18.8. The smallest absolute Gasteiger partial charge is 0.270 e. The minimum atomic E-state index is -0.793. The van der Waals surface area contributed by atoms with Crippen molar-refractivity contribution in [3.05, 3.63) is 59.5 Å². The third-order valence-electron chi connectivity index (χ3n) is 7.46. The van der Waals surface area contributed by atoms with Crippen LogP contribution in [0.1, 0.15) is 51.0 Å². The predicted molar refractivity (Wildman–Crippen MR) is 137 cm³/mol. The van der Waals surface area contributed by atoms with Gasteiger partial charge >= 0.3 is 0 Å². The highest BCUT2D eigenvalue weighted by Crippen LogP contribution is 2.55. The van der Waals surface area contributed by atoms with E-state index in [4.69, 9.17) is 9.57 Å². The minimum absolute atomic E-state index is 0.0502. The summed E-state index contributed by atoms with van der Waals surface area (Å²) in [5.41, 5.74) is 0.615. The number of rotatable bonds is 12. The number of carbonyl (C=O) groups is 3. The van der Waals surface area contributed by atoms with Gasteiger partial charge in [-0.3, -0.25) is 19.2 Å². The molecule has 2 aromatic rings. The van der Waals surface area contributed by atoms with Crippen LogP contribution in [0.2, 0.25) is 0 Å². The fraction of sp³-hybridized carbons (Fsp3) is 0.500. The highest BCUT2D eigenvalue weighted by Gasteiger charge is 2.55.